The van der Waals surface area contributed by atoms with Crippen molar-refractivity contribution < 1.29 is 12.9 Å². The Kier molecular flexibility index (Phi) is 3.92. The molecule has 0 bridgehead atoms. The van der Waals surface area contributed by atoms with Gasteiger partial charge in [-0.1, -0.05) is 22.9 Å². The predicted octanol–water partition coefficient (Wildman–Crippen LogP) is 1.80. The third kappa shape index (κ3) is 2.86. The normalized spacial score (nSPS) is 16.9. The largest absolute Gasteiger partial charge is 0.360 e. The highest BCUT2D eigenvalue weighted by molar-refractivity contribution is 7.89. The zero-order valence-electron chi connectivity index (χ0n) is 12.7. The van der Waals surface area contributed by atoms with Crippen molar-refractivity contribution in [3.63, 3.8) is 0 Å². The Hall–Kier alpha value is -1.86. The second-order valence-electron chi connectivity index (χ2n) is 5.50. The molecule has 22 heavy (non-hydrogen) atoms. The molecule has 1 aliphatic heterocycles. The maximum absolute atomic E-state index is 12.6. The standard InChI is InChI=1S/C15H19N3O3S/c1-12-3-5-14(6-4-12)22(19,20)18-9-7-17(8-10-18)15-11-13(2)21-16-15/h3-6,11H,7-10H2,1-2H3. The number of aromatic nitrogens is 1. The number of hydrogen-bond acceptors (Lipinski definition) is 5. The van der Waals surface area contributed by atoms with Crippen LogP contribution in [0.5, 0.6) is 0 Å². The molecule has 118 valence electrons. The smallest absolute Gasteiger partial charge is 0.243 e. The number of nitrogens with zero attached hydrogens (tertiary/aromatic N) is 3. The highest BCUT2D eigenvalue weighted by atomic mass is 32.2. The van der Waals surface area contributed by atoms with Crippen LogP contribution in [0, 0.1) is 13.8 Å². The highest BCUT2D eigenvalue weighted by Gasteiger charge is 2.29. The van der Waals surface area contributed by atoms with Gasteiger partial charge in [0.05, 0.1) is 4.90 Å². The Balaban J connectivity index is 1.71. The van der Waals surface area contributed by atoms with Crippen LogP contribution in [0.2, 0.25) is 0 Å². The van der Waals surface area contributed by atoms with E-state index in [0.717, 1.165) is 17.1 Å². The lowest BCUT2D eigenvalue weighted by molar-refractivity contribution is 0.371. The van der Waals surface area contributed by atoms with E-state index in [9.17, 15) is 8.42 Å². The van der Waals surface area contributed by atoms with Gasteiger partial charge in [-0.2, -0.15) is 4.31 Å². The molecule has 0 radical (unpaired) electrons. The molecule has 1 aromatic heterocycles. The Bertz CT molecular complexity index is 745. The summed E-state index contributed by atoms with van der Waals surface area (Å²) in [6.07, 6.45) is 0. The molecule has 3 rings (SSSR count). The van der Waals surface area contributed by atoms with Crippen LogP contribution < -0.4 is 4.90 Å². The molecule has 7 heteroatoms. The number of anilines is 1. The molecule has 1 aromatic carbocycles. The van der Waals surface area contributed by atoms with Crippen LogP contribution >= 0.6 is 0 Å². The Morgan fingerprint density at radius 3 is 2.23 bits per heavy atom. The fourth-order valence-corrected chi connectivity index (χ4v) is 3.94. The molecule has 0 atom stereocenters. The second-order valence-corrected chi connectivity index (χ2v) is 7.44. The molecular formula is C15H19N3O3S. The van der Waals surface area contributed by atoms with E-state index in [1.165, 1.54) is 4.31 Å². The van der Waals surface area contributed by atoms with E-state index in [1.54, 1.807) is 12.1 Å². The summed E-state index contributed by atoms with van der Waals surface area (Å²) in [7, 11) is -3.42. The molecule has 1 saturated heterocycles. The number of benzene rings is 1. The van der Waals surface area contributed by atoms with Gasteiger partial charge in [-0.05, 0) is 26.0 Å². The molecule has 2 aromatic rings. The maximum Gasteiger partial charge on any atom is 0.243 e. The lowest BCUT2D eigenvalue weighted by Gasteiger charge is -2.33. The van der Waals surface area contributed by atoms with Crippen molar-refractivity contribution in [3.05, 3.63) is 41.7 Å². The van der Waals surface area contributed by atoms with Crippen LogP contribution in [0.3, 0.4) is 0 Å². The first-order valence-corrected chi connectivity index (χ1v) is 8.66. The molecule has 1 aliphatic rings. The van der Waals surface area contributed by atoms with Crippen molar-refractivity contribution in [2.75, 3.05) is 31.1 Å². The van der Waals surface area contributed by atoms with Gasteiger partial charge >= 0.3 is 0 Å². The summed E-state index contributed by atoms with van der Waals surface area (Å²) in [5.41, 5.74) is 1.05. The van der Waals surface area contributed by atoms with Crippen LogP contribution in [-0.4, -0.2) is 44.1 Å². The molecule has 0 unspecified atom stereocenters. The Labute approximate surface area is 130 Å². The van der Waals surface area contributed by atoms with Gasteiger partial charge in [0.2, 0.25) is 10.0 Å². The van der Waals surface area contributed by atoms with Gasteiger partial charge in [0.1, 0.15) is 5.76 Å². The third-order valence-corrected chi connectivity index (χ3v) is 5.75. The summed E-state index contributed by atoms with van der Waals surface area (Å²) in [5.74, 6) is 1.52. The van der Waals surface area contributed by atoms with Crippen molar-refractivity contribution in [1.82, 2.24) is 9.46 Å². The van der Waals surface area contributed by atoms with Crippen LogP contribution in [-0.2, 0) is 10.0 Å². The minimum absolute atomic E-state index is 0.351. The van der Waals surface area contributed by atoms with Crippen LogP contribution in [0.15, 0.2) is 39.8 Å². The number of piperazine rings is 1. The number of aryl methyl sites for hydroxylation is 2. The van der Waals surface area contributed by atoms with Crippen LogP contribution in [0.4, 0.5) is 5.82 Å². The summed E-state index contributed by atoms with van der Waals surface area (Å²) in [6.45, 7) is 5.89. The van der Waals surface area contributed by atoms with E-state index >= 15 is 0 Å². The first-order chi connectivity index (χ1) is 10.5. The quantitative estimate of drug-likeness (QED) is 0.862. The lowest BCUT2D eigenvalue weighted by Crippen LogP contribution is -2.48. The van der Waals surface area contributed by atoms with Crippen molar-refractivity contribution in [3.8, 4) is 0 Å². The van der Waals surface area contributed by atoms with E-state index in [1.807, 2.05) is 36.9 Å². The monoisotopic (exact) mass is 321 g/mol. The second kappa shape index (κ2) is 5.73. The predicted molar refractivity (Wildman–Crippen MR) is 83.4 cm³/mol. The SMILES string of the molecule is Cc1ccc(S(=O)(=O)N2CCN(c3cc(C)on3)CC2)cc1. The van der Waals surface area contributed by atoms with E-state index in [-0.39, 0.29) is 0 Å². The average molecular weight is 321 g/mol. The fraction of sp³-hybridized carbons (Fsp3) is 0.400. The zero-order valence-corrected chi connectivity index (χ0v) is 13.5. The summed E-state index contributed by atoms with van der Waals surface area (Å²) in [5, 5.41) is 3.98. The first-order valence-electron chi connectivity index (χ1n) is 7.22. The third-order valence-electron chi connectivity index (χ3n) is 3.84. The van der Waals surface area contributed by atoms with E-state index < -0.39 is 10.0 Å². The maximum atomic E-state index is 12.6. The van der Waals surface area contributed by atoms with Crippen molar-refractivity contribution in [1.29, 1.82) is 0 Å². The van der Waals surface area contributed by atoms with Crippen LogP contribution in [0.25, 0.3) is 0 Å². The minimum Gasteiger partial charge on any atom is -0.360 e. The topological polar surface area (TPSA) is 66.7 Å². The average Bonchev–Trinajstić information content (AvgIpc) is 2.94. The summed E-state index contributed by atoms with van der Waals surface area (Å²) < 4.78 is 31.8. The molecule has 2 heterocycles. The molecule has 1 fully saturated rings. The molecule has 6 nitrogen and oxygen atoms in total. The van der Waals surface area contributed by atoms with Gasteiger partial charge in [0.15, 0.2) is 5.82 Å². The molecule has 0 aliphatic carbocycles. The highest BCUT2D eigenvalue weighted by Crippen LogP contribution is 2.21. The minimum atomic E-state index is -3.42. The van der Waals surface area contributed by atoms with Crippen molar-refractivity contribution in [2.45, 2.75) is 18.7 Å². The van der Waals surface area contributed by atoms with E-state index in [4.69, 9.17) is 4.52 Å². The van der Waals surface area contributed by atoms with Crippen LogP contribution in [0.1, 0.15) is 11.3 Å². The van der Waals surface area contributed by atoms with Gasteiger partial charge in [-0.15, -0.1) is 0 Å². The van der Waals surface area contributed by atoms with E-state index in [0.29, 0.717) is 31.1 Å². The molecule has 0 saturated carbocycles. The summed E-state index contributed by atoms with van der Waals surface area (Å²) in [6, 6.07) is 8.84. The summed E-state index contributed by atoms with van der Waals surface area (Å²) >= 11 is 0. The lowest BCUT2D eigenvalue weighted by atomic mass is 10.2. The van der Waals surface area contributed by atoms with Crippen molar-refractivity contribution in [2.24, 2.45) is 0 Å². The van der Waals surface area contributed by atoms with Crippen molar-refractivity contribution >= 4 is 15.8 Å². The molecular weight excluding hydrogens is 302 g/mol. The first kappa shape index (κ1) is 15.1. The van der Waals surface area contributed by atoms with Gasteiger partial charge in [0.25, 0.3) is 0 Å². The van der Waals surface area contributed by atoms with Gasteiger partial charge in [0, 0.05) is 32.2 Å². The van der Waals surface area contributed by atoms with Gasteiger partial charge in [-0.25, -0.2) is 8.42 Å². The zero-order chi connectivity index (χ0) is 15.7. The van der Waals surface area contributed by atoms with Gasteiger partial charge < -0.3 is 9.42 Å². The Morgan fingerprint density at radius 2 is 1.68 bits per heavy atom. The van der Waals surface area contributed by atoms with Gasteiger partial charge in [-0.3, -0.25) is 0 Å². The Morgan fingerprint density at radius 1 is 1.05 bits per heavy atom. The number of rotatable bonds is 3. The molecule has 0 amide bonds. The molecule has 0 spiro atoms. The number of hydrogen-bond donors (Lipinski definition) is 0. The summed E-state index contributed by atoms with van der Waals surface area (Å²) in [4.78, 5) is 2.39. The number of sulfonamides is 1. The van der Waals surface area contributed by atoms with E-state index in [2.05, 4.69) is 5.16 Å². The fourth-order valence-electron chi connectivity index (χ4n) is 2.52. The molecule has 0 N–H and O–H groups in total.